The van der Waals surface area contributed by atoms with Crippen LogP contribution in [-0.2, 0) is 0 Å². The normalized spacial score (nSPS) is 15.0. The second-order valence-electron chi connectivity index (χ2n) is 3.16. The highest BCUT2D eigenvalue weighted by Gasteiger charge is 2.20. The van der Waals surface area contributed by atoms with Gasteiger partial charge < -0.3 is 10.2 Å². The summed E-state index contributed by atoms with van der Waals surface area (Å²) in [7, 11) is 0. The lowest BCUT2D eigenvalue weighted by molar-refractivity contribution is 0.0170. The molecule has 0 aliphatic heterocycles. The third-order valence-corrected chi connectivity index (χ3v) is 2.83. The fourth-order valence-corrected chi connectivity index (χ4v) is 1.96. The molecule has 15 heavy (non-hydrogen) atoms. The predicted molar refractivity (Wildman–Crippen MR) is 62.8 cm³/mol. The van der Waals surface area contributed by atoms with Crippen LogP contribution in [0, 0.1) is 0 Å². The van der Waals surface area contributed by atoms with Crippen molar-refractivity contribution in [2.24, 2.45) is 0 Å². The molecule has 2 atom stereocenters. The van der Waals surface area contributed by atoms with Crippen molar-refractivity contribution in [3.05, 3.63) is 33.8 Å². The van der Waals surface area contributed by atoms with Gasteiger partial charge in [0.2, 0.25) is 0 Å². The highest BCUT2D eigenvalue weighted by molar-refractivity contribution is 6.35. The van der Waals surface area contributed by atoms with Gasteiger partial charge >= 0.3 is 0 Å². The van der Waals surface area contributed by atoms with E-state index in [9.17, 15) is 10.2 Å². The Hall–Kier alpha value is 0.01000. The number of alkyl halides is 1. The number of benzene rings is 1. The zero-order chi connectivity index (χ0) is 11.4. The summed E-state index contributed by atoms with van der Waals surface area (Å²) in [4.78, 5) is 0. The van der Waals surface area contributed by atoms with Crippen LogP contribution in [0.15, 0.2) is 18.2 Å². The summed E-state index contributed by atoms with van der Waals surface area (Å²) >= 11 is 17.1. The van der Waals surface area contributed by atoms with Gasteiger partial charge in [-0.1, -0.05) is 29.3 Å². The quantitative estimate of drug-likeness (QED) is 0.825. The monoisotopic (exact) mass is 268 g/mol. The molecule has 0 radical (unpaired) electrons. The van der Waals surface area contributed by atoms with Crippen LogP contribution in [0.25, 0.3) is 0 Å². The van der Waals surface area contributed by atoms with E-state index >= 15 is 0 Å². The van der Waals surface area contributed by atoms with Crippen molar-refractivity contribution in [2.45, 2.75) is 18.6 Å². The third-order valence-electron chi connectivity index (χ3n) is 2.05. The van der Waals surface area contributed by atoms with Gasteiger partial charge in [-0.3, -0.25) is 0 Å². The van der Waals surface area contributed by atoms with Crippen molar-refractivity contribution < 1.29 is 10.2 Å². The van der Waals surface area contributed by atoms with Gasteiger partial charge in [-0.2, -0.15) is 0 Å². The Kier molecular flexibility index (Phi) is 5.16. The Balaban J connectivity index is 2.86. The summed E-state index contributed by atoms with van der Waals surface area (Å²) in [6, 6.07) is 4.72. The average Bonchev–Trinajstić information content (AvgIpc) is 2.17. The van der Waals surface area contributed by atoms with E-state index in [0.717, 1.165) is 0 Å². The van der Waals surface area contributed by atoms with Crippen LogP contribution in [0.2, 0.25) is 10.0 Å². The van der Waals surface area contributed by atoms with Gasteiger partial charge in [-0.25, -0.2) is 0 Å². The molecule has 0 aromatic heterocycles. The molecule has 0 aliphatic rings. The van der Waals surface area contributed by atoms with Crippen LogP contribution in [0.3, 0.4) is 0 Å². The first-order chi connectivity index (χ1) is 7.06. The molecule has 5 heteroatoms. The van der Waals surface area contributed by atoms with Crippen molar-refractivity contribution in [3.8, 4) is 0 Å². The first kappa shape index (κ1) is 13.1. The summed E-state index contributed by atoms with van der Waals surface area (Å²) in [6.07, 6.45) is -1.64. The summed E-state index contributed by atoms with van der Waals surface area (Å²) < 4.78 is 0. The smallest absolute Gasteiger partial charge is 0.106 e. The van der Waals surface area contributed by atoms with E-state index in [2.05, 4.69) is 0 Å². The predicted octanol–water partition coefficient (Wildman–Crippen LogP) is 3.02. The summed E-state index contributed by atoms with van der Waals surface area (Å²) in [5.41, 5.74) is 0.457. The molecular formula is C10H11Cl3O2. The molecule has 0 fully saturated rings. The molecule has 0 saturated heterocycles. The minimum absolute atomic E-state index is 0.281. The van der Waals surface area contributed by atoms with Crippen molar-refractivity contribution in [2.75, 3.05) is 5.88 Å². The van der Waals surface area contributed by atoms with Crippen LogP contribution in [-0.4, -0.2) is 22.2 Å². The van der Waals surface area contributed by atoms with E-state index < -0.39 is 12.2 Å². The van der Waals surface area contributed by atoms with Crippen LogP contribution in [0.4, 0.5) is 0 Å². The second kappa shape index (κ2) is 5.92. The Bertz CT molecular complexity index is 330. The lowest BCUT2D eigenvalue weighted by Crippen LogP contribution is -2.18. The molecule has 1 rings (SSSR count). The topological polar surface area (TPSA) is 40.5 Å². The maximum atomic E-state index is 9.76. The van der Waals surface area contributed by atoms with Gasteiger partial charge in [0.1, 0.15) is 6.10 Å². The van der Waals surface area contributed by atoms with Crippen molar-refractivity contribution in [3.63, 3.8) is 0 Å². The first-order valence-corrected chi connectivity index (χ1v) is 5.72. The van der Waals surface area contributed by atoms with E-state index in [1.165, 1.54) is 6.07 Å². The fraction of sp³-hybridized carbons (Fsp3) is 0.400. The molecule has 1 aromatic rings. The minimum atomic E-state index is -1.03. The first-order valence-electron chi connectivity index (χ1n) is 4.43. The number of rotatable bonds is 4. The zero-order valence-corrected chi connectivity index (χ0v) is 10.1. The van der Waals surface area contributed by atoms with Gasteiger partial charge in [0, 0.05) is 21.5 Å². The minimum Gasteiger partial charge on any atom is -0.390 e. The van der Waals surface area contributed by atoms with Crippen molar-refractivity contribution in [1.29, 1.82) is 0 Å². The summed E-state index contributed by atoms with van der Waals surface area (Å²) in [5, 5.41) is 20.1. The molecule has 2 N–H and O–H groups in total. The largest absolute Gasteiger partial charge is 0.390 e. The molecule has 84 valence electrons. The van der Waals surface area contributed by atoms with Gasteiger partial charge in [0.15, 0.2) is 0 Å². The standard InChI is InChI=1S/C10H11Cl3O2/c11-4-3-9(14)10(15)7-2-1-6(12)5-8(7)13/h1-2,5,9-10,14-15H,3-4H2. The van der Waals surface area contributed by atoms with Gasteiger partial charge in [-0.15, -0.1) is 11.6 Å². The number of aliphatic hydroxyl groups is 2. The maximum absolute atomic E-state index is 9.76. The highest BCUT2D eigenvalue weighted by Crippen LogP contribution is 2.28. The maximum Gasteiger partial charge on any atom is 0.106 e. The van der Waals surface area contributed by atoms with Crippen LogP contribution in [0.1, 0.15) is 18.1 Å². The lowest BCUT2D eigenvalue weighted by atomic mass is 10.0. The van der Waals surface area contributed by atoms with Crippen molar-refractivity contribution in [1.82, 2.24) is 0 Å². The average molecular weight is 270 g/mol. The van der Waals surface area contributed by atoms with Crippen LogP contribution >= 0.6 is 34.8 Å². The Morgan fingerprint density at radius 3 is 2.40 bits per heavy atom. The molecule has 1 aromatic carbocycles. The van der Waals surface area contributed by atoms with Crippen LogP contribution in [0.5, 0.6) is 0 Å². The van der Waals surface area contributed by atoms with E-state index in [1.54, 1.807) is 12.1 Å². The van der Waals surface area contributed by atoms with Gasteiger partial charge in [0.05, 0.1) is 6.10 Å². The van der Waals surface area contributed by atoms with E-state index in [-0.39, 0.29) is 5.88 Å². The van der Waals surface area contributed by atoms with E-state index in [4.69, 9.17) is 34.8 Å². The molecule has 2 unspecified atom stereocenters. The molecule has 0 heterocycles. The highest BCUT2D eigenvalue weighted by atomic mass is 35.5. The Morgan fingerprint density at radius 2 is 1.87 bits per heavy atom. The van der Waals surface area contributed by atoms with Crippen LogP contribution < -0.4 is 0 Å². The summed E-state index contributed by atoms with van der Waals surface area (Å²) in [5.74, 6) is 0.281. The molecular weight excluding hydrogens is 258 g/mol. The lowest BCUT2D eigenvalue weighted by Gasteiger charge is -2.18. The number of hydrogen-bond donors (Lipinski definition) is 2. The number of halogens is 3. The van der Waals surface area contributed by atoms with E-state index in [0.29, 0.717) is 22.0 Å². The molecule has 0 amide bonds. The summed E-state index contributed by atoms with van der Waals surface area (Å²) in [6.45, 7) is 0. The number of hydrogen-bond acceptors (Lipinski definition) is 2. The third kappa shape index (κ3) is 3.51. The fourth-order valence-electron chi connectivity index (χ4n) is 1.22. The zero-order valence-electron chi connectivity index (χ0n) is 7.83. The second-order valence-corrected chi connectivity index (χ2v) is 4.38. The molecule has 0 spiro atoms. The van der Waals surface area contributed by atoms with E-state index in [1.807, 2.05) is 0 Å². The van der Waals surface area contributed by atoms with Gasteiger partial charge in [-0.05, 0) is 18.6 Å². The SMILES string of the molecule is OC(CCCl)C(O)c1ccc(Cl)cc1Cl. The van der Waals surface area contributed by atoms with Gasteiger partial charge in [0.25, 0.3) is 0 Å². The molecule has 0 aliphatic carbocycles. The molecule has 0 bridgehead atoms. The molecule has 0 saturated carbocycles. The number of aliphatic hydroxyl groups excluding tert-OH is 2. The Morgan fingerprint density at radius 1 is 1.20 bits per heavy atom. The van der Waals surface area contributed by atoms with Crippen molar-refractivity contribution >= 4 is 34.8 Å². The molecule has 2 nitrogen and oxygen atoms in total. The Labute approximate surface area is 103 Å².